The van der Waals surface area contributed by atoms with Crippen molar-refractivity contribution in [1.29, 1.82) is 0 Å². The molecule has 5 unspecified atom stereocenters. The predicted molar refractivity (Wildman–Crippen MR) is 207 cm³/mol. The largest absolute Gasteiger partial charge is 0.394 e. The van der Waals surface area contributed by atoms with E-state index in [-0.39, 0.29) is 12.0 Å². The zero-order chi connectivity index (χ0) is 40.4. The van der Waals surface area contributed by atoms with Crippen LogP contribution in [0.4, 0.5) is 8.78 Å². The minimum Gasteiger partial charge on any atom is -0.394 e. The lowest BCUT2D eigenvalue weighted by molar-refractivity contribution is -0.304. The fourth-order valence-corrected chi connectivity index (χ4v) is 7.11. The molecule has 0 bridgehead atoms. The van der Waals surface area contributed by atoms with Crippen LogP contribution in [0.15, 0.2) is 16.9 Å². The number of ether oxygens (including phenoxy) is 2. The van der Waals surface area contributed by atoms with E-state index in [0.717, 1.165) is 81.7 Å². The van der Waals surface area contributed by atoms with Crippen LogP contribution in [-0.2, 0) is 16.0 Å². The third-order valence-corrected chi connectivity index (χ3v) is 10.8. The summed E-state index contributed by atoms with van der Waals surface area (Å²) in [5, 5.41) is 70.7. The van der Waals surface area contributed by atoms with Crippen LogP contribution in [0.3, 0.4) is 0 Å². The Kier molecular flexibility index (Phi) is 26.3. The van der Waals surface area contributed by atoms with Crippen LogP contribution in [0.25, 0.3) is 0 Å². The summed E-state index contributed by atoms with van der Waals surface area (Å²) < 4.78 is 38.3. The minimum absolute atomic E-state index is 0.0158. The molecule has 1 saturated heterocycles. The maximum Gasteiger partial charge on any atom is 0.364 e. The Labute approximate surface area is 327 Å². The summed E-state index contributed by atoms with van der Waals surface area (Å²) in [6.07, 6.45) is 11.3. The van der Waals surface area contributed by atoms with E-state index in [1.54, 1.807) is 0 Å². The maximum absolute atomic E-state index is 13.4. The molecular formula is C40H74F2N4O9. The SMILES string of the molecule is C=C(CCCCCCCCCCCCn1nnn([C@@H](COC2OC(CO)C(O)C(O)C2O)[C@H](O)[C@H](O)CCCCCCCCCCCCCC)c1=O)C(F)F. The number of allylic oxidation sites excluding steroid dienone is 1. The molecule has 1 aromatic heterocycles. The Morgan fingerprint density at radius 2 is 1.27 bits per heavy atom. The van der Waals surface area contributed by atoms with Gasteiger partial charge in [0.05, 0.1) is 19.3 Å². The van der Waals surface area contributed by atoms with Crippen LogP contribution >= 0.6 is 0 Å². The van der Waals surface area contributed by atoms with Crippen LogP contribution in [0.1, 0.15) is 167 Å². The zero-order valence-corrected chi connectivity index (χ0v) is 33.4. The average Bonchev–Trinajstić information content (AvgIpc) is 3.54. The highest BCUT2D eigenvalue weighted by Gasteiger charge is 2.45. The standard InChI is InChI=1S/C40H74F2N4O9/c1-3-4-5-6-7-8-9-10-14-17-20-23-26-32(48)34(49)31(29-54-39-37(52)36(51)35(50)33(28-47)55-39)46-40(53)45(43-44-46)27-24-21-18-15-12-11-13-16-19-22-25-30(2)38(41)42/h31-39,47-52H,2-29H2,1H3/t31-,32+,33?,34-,35?,36?,37?,39?/m0/s1. The molecule has 2 rings (SSSR count). The molecule has 1 aliphatic heterocycles. The molecule has 0 radical (unpaired) electrons. The average molecular weight is 793 g/mol. The lowest BCUT2D eigenvalue weighted by Gasteiger charge is -2.40. The summed E-state index contributed by atoms with van der Waals surface area (Å²) in [5.74, 6) is 0. The number of aliphatic hydroxyl groups excluding tert-OH is 6. The molecule has 2 heterocycles. The Morgan fingerprint density at radius 3 is 1.80 bits per heavy atom. The molecule has 0 aromatic carbocycles. The fourth-order valence-electron chi connectivity index (χ4n) is 7.11. The summed E-state index contributed by atoms with van der Waals surface area (Å²) in [6.45, 7) is 4.84. The van der Waals surface area contributed by atoms with Gasteiger partial charge in [0.2, 0.25) is 0 Å². The molecule has 322 valence electrons. The molecule has 1 aliphatic rings. The normalized spacial score (nSPS) is 22.0. The number of hydrogen-bond acceptors (Lipinski definition) is 11. The highest BCUT2D eigenvalue weighted by molar-refractivity contribution is 4.96. The van der Waals surface area contributed by atoms with E-state index in [1.807, 2.05) is 0 Å². The van der Waals surface area contributed by atoms with Gasteiger partial charge < -0.3 is 40.1 Å². The molecule has 0 spiro atoms. The Morgan fingerprint density at radius 1 is 0.764 bits per heavy atom. The quantitative estimate of drug-likeness (QED) is 0.0369. The Balaban J connectivity index is 1.85. The first-order valence-corrected chi connectivity index (χ1v) is 21.3. The van der Waals surface area contributed by atoms with E-state index in [1.165, 1.54) is 56.0 Å². The number of aliphatic hydroxyl groups is 6. The third kappa shape index (κ3) is 19.0. The number of aryl methyl sites for hydroxylation is 1. The van der Waals surface area contributed by atoms with Crippen molar-refractivity contribution in [1.82, 2.24) is 19.8 Å². The number of aromatic nitrogens is 4. The molecule has 0 aliphatic carbocycles. The van der Waals surface area contributed by atoms with E-state index in [4.69, 9.17) is 9.47 Å². The summed E-state index contributed by atoms with van der Waals surface area (Å²) >= 11 is 0. The second kappa shape index (κ2) is 29.4. The van der Waals surface area contributed by atoms with Gasteiger partial charge in [-0.2, -0.15) is 9.36 Å². The lowest BCUT2D eigenvalue weighted by Crippen LogP contribution is -2.59. The number of tetrazole rings is 1. The highest BCUT2D eigenvalue weighted by atomic mass is 19.3. The van der Waals surface area contributed by atoms with Gasteiger partial charge in [0.1, 0.15) is 36.6 Å². The van der Waals surface area contributed by atoms with E-state index < -0.39 is 74.3 Å². The fraction of sp³-hybridized carbons (Fsp3) is 0.925. The maximum atomic E-state index is 13.4. The first-order chi connectivity index (χ1) is 26.5. The zero-order valence-electron chi connectivity index (χ0n) is 33.4. The van der Waals surface area contributed by atoms with Crippen molar-refractivity contribution in [3.05, 3.63) is 22.6 Å². The van der Waals surface area contributed by atoms with E-state index in [2.05, 4.69) is 23.9 Å². The van der Waals surface area contributed by atoms with Crippen molar-refractivity contribution in [3.8, 4) is 0 Å². The number of halogens is 2. The molecule has 0 amide bonds. The van der Waals surface area contributed by atoms with Crippen LogP contribution < -0.4 is 5.69 Å². The summed E-state index contributed by atoms with van der Waals surface area (Å²) in [5.41, 5.74) is -0.585. The smallest absolute Gasteiger partial charge is 0.364 e. The first-order valence-electron chi connectivity index (χ1n) is 21.3. The van der Waals surface area contributed by atoms with Crippen molar-refractivity contribution in [2.45, 2.75) is 223 Å². The Hall–Kier alpha value is -1.85. The highest BCUT2D eigenvalue weighted by Crippen LogP contribution is 2.25. The van der Waals surface area contributed by atoms with Crippen molar-refractivity contribution < 1.29 is 48.9 Å². The first kappa shape index (κ1) is 49.3. The van der Waals surface area contributed by atoms with Gasteiger partial charge in [0.25, 0.3) is 6.43 Å². The molecule has 8 atom stereocenters. The van der Waals surface area contributed by atoms with E-state index >= 15 is 0 Å². The van der Waals surface area contributed by atoms with Crippen molar-refractivity contribution in [3.63, 3.8) is 0 Å². The van der Waals surface area contributed by atoms with Gasteiger partial charge in [-0.3, -0.25) is 0 Å². The van der Waals surface area contributed by atoms with Gasteiger partial charge in [-0.25, -0.2) is 13.6 Å². The Bertz CT molecular complexity index is 1170. The van der Waals surface area contributed by atoms with Gasteiger partial charge in [0.15, 0.2) is 6.29 Å². The van der Waals surface area contributed by atoms with Gasteiger partial charge in [0, 0.05) is 6.54 Å². The molecule has 55 heavy (non-hydrogen) atoms. The molecule has 1 fully saturated rings. The van der Waals surface area contributed by atoms with Crippen molar-refractivity contribution in [2.75, 3.05) is 13.2 Å². The second-order valence-corrected chi connectivity index (χ2v) is 15.5. The van der Waals surface area contributed by atoms with Gasteiger partial charge in [-0.05, 0) is 41.7 Å². The monoisotopic (exact) mass is 793 g/mol. The van der Waals surface area contributed by atoms with Crippen LogP contribution in [0.5, 0.6) is 0 Å². The predicted octanol–water partition coefficient (Wildman–Crippen LogP) is 5.72. The molecule has 0 saturated carbocycles. The van der Waals surface area contributed by atoms with Crippen molar-refractivity contribution in [2.24, 2.45) is 0 Å². The third-order valence-electron chi connectivity index (χ3n) is 10.8. The summed E-state index contributed by atoms with van der Waals surface area (Å²) in [4.78, 5) is 13.4. The number of rotatable bonds is 34. The lowest BCUT2D eigenvalue weighted by atomic mass is 9.98. The van der Waals surface area contributed by atoms with Crippen molar-refractivity contribution >= 4 is 0 Å². The van der Waals surface area contributed by atoms with Gasteiger partial charge >= 0.3 is 5.69 Å². The number of hydrogen-bond donors (Lipinski definition) is 6. The number of unbranched alkanes of at least 4 members (excludes halogenated alkanes) is 20. The van der Waals surface area contributed by atoms with Gasteiger partial charge in [-0.15, -0.1) is 0 Å². The molecule has 6 N–H and O–H groups in total. The van der Waals surface area contributed by atoms with E-state index in [9.17, 15) is 44.2 Å². The molecular weight excluding hydrogens is 718 g/mol. The second-order valence-electron chi connectivity index (χ2n) is 15.5. The van der Waals surface area contributed by atoms with Crippen LogP contribution in [-0.4, -0.2) is 113 Å². The number of alkyl halides is 2. The van der Waals surface area contributed by atoms with Gasteiger partial charge in [-0.1, -0.05) is 142 Å². The molecule has 1 aromatic rings. The molecule has 15 heteroatoms. The van der Waals surface area contributed by atoms with E-state index in [0.29, 0.717) is 25.8 Å². The number of nitrogens with zero attached hydrogens (tertiary/aromatic N) is 4. The molecule has 13 nitrogen and oxygen atoms in total. The van der Waals surface area contributed by atoms with Crippen LogP contribution in [0.2, 0.25) is 0 Å². The summed E-state index contributed by atoms with van der Waals surface area (Å²) in [6, 6.07) is -1.22. The topological polar surface area (TPSA) is 193 Å². The minimum atomic E-state index is -2.43. The van der Waals surface area contributed by atoms with Crippen LogP contribution in [0, 0.1) is 0 Å². The summed E-state index contributed by atoms with van der Waals surface area (Å²) in [7, 11) is 0.